The van der Waals surface area contributed by atoms with Crippen LogP contribution in [0.1, 0.15) is 6.92 Å². The van der Waals surface area contributed by atoms with Crippen molar-refractivity contribution in [1.82, 2.24) is 14.1 Å². The molecule has 0 aliphatic rings. The zero-order chi connectivity index (χ0) is 25.4. The molecule has 0 unspecified atom stereocenters. The first-order valence-corrected chi connectivity index (χ1v) is 13.6. The van der Waals surface area contributed by atoms with E-state index in [9.17, 15) is 0 Å². The Hall–Kier alpha value is -4.67. The lowest BCUT2D eigenvalue weighted by Gasteiger charge is -2.10. The highest BCUT2D eigenvalue weighted by atomic mass is 32.1. The molecule has 8 aromatic rings. The molecule has 4 aromatic carbocycles. The smallest absolute Gasteiger partial charge is 0.138 e. The summed E-state index contributed by atoms with van der Waals surface area (Å²) in [5, 5.41) is 7.38. The Kier molecular flexibility index (Phi) is 4.46. The second kappa shape index (κ2) is 7.91. The van der Waals surface area contributed by atoms with Crippen LogP contribution in [0.4, 0.5) is 0 Å². The quantitative estimate of drug-likeness (QED) is 0.236. The summed E-state index contributed by atoms with van der Waals surface area (Å²) in [6, 6.07) is 35.0. The van der Waals surface area contributed by atoms with E-state index in [1.807, 2.05) is 6.20 Å². The molecule has 0 saturated carbocycles. The monoisotopic (exact) mass is 505 g/mol. The van der Waals surface area contributed by atoms with Crippen molar-refractivity contribution in [3.8, 4) is 11.5 Å². The van der Waals surface area contributed by atoms with E-state index in [1.165, 1.54) is 47.9 Å². The fourth-order valence-corrected chi connectivity index (χ4v) is 7.04. The Morgan fingerprint density at radius 2 is 1.24 bits per heavy atom. The molecular weight excluding hydrogens is 482 g/mol. The number of hydrogen-bond acceptors (Lipinski definition) is 2. The van der Waals surface area contributed by atoms with Crippen LogP contribution in [-0.4, -0.2) is 14.1 Å². The van der Waals surface area contributed by atoms with Crippen molar-refractivity contribution in [1.29, 1.82) is 0 Å². The summed E-state index contributed by atoms with van der Waals surface area (Å²) < 4.78 is 6.92. The Balaban J connectivity index is 1.45. The molecule has 0 N–H and O–H groups in total. The van der Waals surface area contributed by atoms with Crippen molar-refractivity contribution >= 4 is 77.7 Å². The Bertz CT molecular complexity index is 2280. The van der Waals surface area contributed by atoms with Crippen LogP contribution in [0, 0.1) is 0 Å². The van der Waals surface area contributed by atoms with Gasteiger partial charge in [0.2, 0.25) is 0 Å². The third-order valence-corrected chi connectivity index (χ3v) is 8.70. The average molecular weight is 506 g/mol. The van der Waals surface area contributed by atoms with Gasteiger partial charge >= 0.3 is 0 Å². The first-order valence-electron chi connectivity index (χ1n) is 12.8. The number of hydrogen-bond donors (Lipinski definition) is 0. The Morgan fingerprint density at radius 3 is 1.89 bits per heavy atom. The normalized spacial score (nSPS) is 12.6. The highest BCUT2D eigenvalue weighted by Crippen LogP contribution is 2.36. The number of aromatic nitrogens is 3. The molecule has 0 aliphatic heterocycles. The molecule has 0 saturated heterocycles. The van der Waals surface area contributed by atoms with Crippen LogP contribution in [-0.2, 0) is 0 Å². The van der Waals surface area contributed by atoms with Crippen molar-refractivity contribution in [3.05, 3.63) is 113 Å². The maximum Gasteiger partial charge on any atom is 0.138 e. The van der Waals surface area contributed by atoms with Gasteiger partial charge in [0.25, 0.3) is 0 Å². The number of rotatable bonds is 2. The molecule has 4 heteroatoms. The second-order valence-electron chi connectivity index (χ2n) is 9.69. The fourth-order valence-electron chi connectivity index (χ4n) is 6.05. The molecule has 3 nitrogen and oxygen atoms in total. The summed E-state index contributed by atoms with van der Waals surface area (Å²) in [6.45, 7) is 6.32. The lowest BCUT2D eigenvalue weighted by atomic mass is 10.1. The van der Waals surface area contributed by atoms with Gasteiger partial charge in [0, 0.05) is 43.3 Å². The van der Waals surface area contributed by atoms with E-state index in [1.54, 1.807) is 11.3 Å². The van der Waals surface area contributed by atoms with E-state index in [0.717, 1.165) is 27.1 Å². The van der Waals surface area contributed by atoms with Crippen LogP contribution < -0.4 is 9.75 Å². The molecule has 4 heterocycles. The van der Waals surface area contributed by atoms with Gasteiger partial charge in [-0.1, -0.05) is 67.3 Å². The molecular formula is C34H23N3S. The van der Waals surface area contributed by atoms with Crippen molar-refractivity contribution in [3.63, 3.8) is 0 Å². The molecule has 180 valence electrons. The zero-order valence-corrected chi connectivity index (χ0v) is 21.7. The number of fused-ring (bicyclic) bond motifs is 7. The molecule has 0 spiro atoms. The highest BCUT2D eigenvalue weighted by Gasteiger charge is 2.17. The second-order valence-corrected chi connectivity index (χ2v) is 10.8. The average Bonchev–Trinajstić information content (AvgIpc) is 3.58. The lowest BCUT2D eigenvalue weighted by Crippen LogP contribution is -2.15. The summed E-state index contributed by atoms with van der Waals surface area (Å²) in [6.07, 6.45) is 4.14. The van der Waals surface area contributed by atoms with Gasteiger partial charge in [0.05, 0.1) is 26.8 Å². The van der Waals surface area contributed by atoms with Gasteiger partial charge in [0.1, 0.15) is 5.82 Å². The van der Waals surface area contributed by atoms with Gasteiger partial charge in [-0.2, -0.15) is 0 Å². The minimum atomic E-state index is 0.925. The zero-order valence-electron chi connectivity index (χ0n) is 20.8. The van der Waals surface area contributed by atoms with E-state index >= 15 is 0 Å². The minimum absolute atomic E-state index is 0.925. The van der Waals surface area contributed by atoms with Gasteiger partial charge < -0.3 is 4.57 Å². The topological polar surface area (TPSA) is 22.8 Å². The largest absolute Gasteiger partial charge is 0.309 e. The van der Waals surface area contributed by atoms with Crippen LogP contribution in [0.25, 0.3) is 77.9 Å². The van der Waals surface area contributed by atoms with Gasteiger partial charge in [-0.25, -0.2) is 4.98 Å². The molecule has 0 aliphatic carbocycles. The summed E-state index contributed by atoms with van der Waals surface area (Å²) in [5.41, 5.74) is 5.89. The standard InChI is InChI=1S/C34H23N3S/c1-3-23-21(2)38-33-20-35-34(19-28(23)33)37-31-15-9-6-12-26(31)27-18-22(16-17-32(27)37)36-29-13-7-4-10-24(29)25-11-5-8-14-30(25)36/h3-20H,2H2,1H3. The van der Waals surface area contributed by atoms with Crippen molar-refractivity contribution in [2.75, 3.05) is 0 Å². The Morgan fingerprint density at radius 1 is 0.658 bits per heavy atom. The van der Waals surface area contributed by atoms with E-state index in [-0.39, 0.29) is 0 Å². The molecule has 0 atom stereocenters. The van der Waals surface area contributed by atoms with Crippen molar-refractivity contribution < 1.29 is 0 Å². The van der Waals surface area contributed by atoms with Crippen molar-refractivity contribution in [2.24, 2.45) is 0 Å². The van der Waals surface area contributed by atoms with Crippen LogP contribution in [0.5, 0.6) is 0 Å². The molecule has 0 bridgehead atoms. The van der Waals surface area contributed by atoms with Crippen molar-refractivity contribution in [2.45, 2.75) is 6.92 Å². The first-order chi connectivity index (χ1) is 18.7. The minimum Gasteiger partial charge on any atom is -0.309 e. The van der Waals surface area contributed by atoms with E-state index in [0.29, 0.717) is 0 Å². The Labute approximate surface area is 222 Å². The van der Waals surface area contributed by atoms with E-state index in [2.05, 4.69) is 126 Å². The molecule has 38 heavy (non-hydrogen) atoms. The molecule has 0 fully saturated rings. The third-order valence-electron chi connectivity index (χ3n) is 7.69. The summed E-state index contributed by atoms with van der Waals surface area (Å²) in [4.78, 5) is 4.92. The predicted octanol–water partition coefficient (Wildman–Crippen LogP) is 7.70. The number of benzene rings is 4. The first kappa shape index (κ1) is 21.4. The van der Waals surface area contributed by atoms with Gasteiger partial charge in [0.15, 0.2) is 0 Å². The van der Waals surface area contributed by atoms with E-state index in [4.69, 9.17) is 4.98 Å². The fraction of sp³-hybridized carbons (Fsp3) is 0.0294. The summed E-state index contributed by atoms with van der Waals surface area (Å²) in [5.74, 6) is 0.925. The summed E-state index contributed by atoms with van der Waals surface area (Å²) in [7, 11) is 0. The maximum absolute atomic E-state index is 4.92. The van der Waals surface area contributed by atoms with Crippen LogP contribution in [0.3, 0.4) is 0 Å². The van der Waals surface area contributed by atoms with E-state index < -0.39 is 0 Å². The SMILES string of the molecule is C=c1sc2cnc(-n3c4ccccc4c4cc(-n5c6ccccc6c6ccccc65)ccc43)cc2c1=CC. The van der Waals surface area contributed by atoms with Crippen LogP contribution >= 0.6 is 11.3 Å². The molecule has 8 rings (SSSR count). The molecule has 0 radical (unpaired) electrons. The third kappa shape index (κ3) is 2.86. The lowest BCUT2D eigenvalue weighted by molar-refractivity contribution is 1.09. The molecule has 4 aromatic heterocycles. The van der Waals surface area contributed by atoms with Gasteiger partial charge in [-0.15, -0.1) is 11.3 Å². The number of pyridine rings is 1. The molecule has 0 amide bonds. The highest BCUT2D eigenvalue weighted by molar-refractivity contribution is 7.17. The maximum atomic E-state index is 4.92. The number of nitrogens with zero attached hydrogens (tertiary/aromatic N) is 3. The summed E-state index contributed by atoms with van der Waals surface area (Å²) >= 11 is 1.70. The predicted molar refractivity (Wildman–Crippen MR) is 163 cm³/mol. The number of para-hydroxylation sites is 3. The van der Waals surface area contributed by atoms with Gasteiger partial charge in [-0.05, 0) is 54.6 Å². The van der Waals surface area contributed by atoms with Gasteiger partial charge in [-0.3, -0.25) is 4.57 Å². The van der Waals surface area contributed by atoms with Crippen LogP contribution in [0.2, 0.25) is 0 Å². The van der Waals surface area contributed by atoms with Crippen LogP contribution in [0.15, 0.2) is 103 Å². The number of thiophene rings is 1.